The lowest BCUT2D eigenvalue weighted by Gasteiger charge is -2.13. The van der Waals surface area contributed by atoms with E-state index >= 15 is 0 Å². The molecule has 3 heteroatoms. The van der Waals surface area contributed by atoms with Gasteiger partial charge in [-0.3, -0.25) is 0 Å². The number of benzene rings is 2. The van der Waals surface area contributed by atoms with Gasteiger partial charge in [-0.1, -0.05) is 25.5 Å². The summed E-state index contributed by atoms with van der Waals surface area (Å²) in [5, 5.41) is 9.70. The molecule has 0 spiro atoms. The van der Waals surface area contributed by atoms with Gasteiger partial charge in [0, 0.05) is 5.56 Å². The third-order valence-corrected chi connectivity index (χ3v) is 3.39. The first kappa shape index (κ1) is 15.5. The Morgan fingerprint density at radius 3 is 2.48 bits per heavy atom. The van der Waals surface area contributed by atoms with Crippen molar-refractivity contribution in [3.05, 3.63) is 59.4 Å². The number of unbranched alkanes of at least 4 members (excludes halogenated alkanes) is 1. The van der Waals surface area contributed by atoms with Crippen LogP contribution < -0.4 is 4.74 Å². The van der Waals surface area contributed by atoms with Gasteiger partial charge in [-0.2, -0.15) is 0 Å². The zero-order valence-electron chi connectivity index (χ0n) is 12.5. The summed E-state index contributed by atoms with van der Waals surface area (Å²) in [7, 11) is 0. The highest BCUT2D eigenvalue weighted by Gasteiger charge is 2.11. The largest absolute Gasteiger partial charge is 0.457 e. The lowest BCUT2D eigenvalue weighted by Crippen LogP contribution is -1.97. The summed E-state index contributed by atoms with van der Waals surface area (Å²) >= 11 is 0. The maximum Gasteiger partial charge on any atom is 0.133 e. The summed E-state index contributed by atoms with van der Waals surface area (Å²) in [6.07, 6.45) is 2.63. The summed E-state index contributed by atoms with van der Waals surface area (Å²) in [6, 6.07) is 12.1. The molecule has 1 N–H and O–H groups in total. The molecule has 0 aliphatic carbocycles. The van der Waals surface area contributed by atoms with Crippen molar-refractivity contribution in [3.63, 3.8) is 0 Å². The molecule has 0 unspecified atom stereocenters. The summed E-state index contributed by atoms with van der Waals surface area (Å²) in [4.78, 5) is 0. The molecule has 0 bridgehead atoms. The Morgan fingerprint density at radius 2 is 1.86 bits per heavy atom. The van der Waals surface area contributed by atoms with Crippen LogP contribution in [-0.2, 0) is 6.42 Å². The van der Waals surface area contributed by atoms with E-state index in [1.54, 1.807) is 13.0 Å². The Morgan fingerprint density at radius 1 is 1.14 bits per heavy atom. The van der Waals surface area contributed by atoms with Crippen LogP contribution in [-0.4, -0.2) is 5.11 Å². The number of aliphatic hydroxyl groups is 1. The van der Waals surface area contributed by atoms with E-state index in [1.807, 2.05) is 24.3 Å². The number of rotatable bonds is 6. The standard InChI is InChI=1S/C18H21FO2/c1-3-4-5-14-6-9-16(10-7-14)21-18-11-8-15(19)12-17(18)13(2)20/h6-13,20H,3-5H2,1-2H3/t13-/m1/s1. The molecule has 0 saturated carbocycles. The molecule has 0 fully saturated rings. The summed E-state index contributed by atoms with van der Waals surface area (Å²) in [5.74, 6) is 0.782. The number of aliphatic hydroxyl groups excluding tert-OH is 1. The molecule has 2 nitrogen and oxygen atoms in total. The minimum absolute atomic E-state index is 0.381. The Balaban J connectivity index is 2.14. The van der Waals surface area contributed by atoms with Gasteiger partial charge in [-0.15, -0.1) is 0 Å². The maximum absolute atomic E-state index is 13.3. The van der Waals surface area contributed by atoms with Crippen molar-refractivity contribution in [1.29, 1.82) is 0 Å². The van der Waals surface area contributed by atoms with Crippen LogP contribution in [0.4, 0.5) is 4.39 Å². The van der Waals surface area contributed by atoms with E-state index < -0.39 is 6.10 Å². The fourth-order valence-electron chi connectivity index (χ4n) is 2.17. The van der Waals surface area contributed by atoms with Gasteiger partial charge in [0.25, 0.3) is 0 Å². The highest BCUT2D eigenvalue weighted by Crippen LogP contribution is 2.30. The molecule has 2 aromatic rings. The second-order valence-corrected chi connectivity index (χ2v) is 5.21. The highest BCUT2D eigenvalue weighted by atomic mass is 19.1. The Kier molecular flexibility index (Phi) is 5.34. The lowest BCUT2D eigenvalue weighted by atomic mass is 10.1. The third-order valence-electron chi connectivity index (χ3n) is 3.39. The fourth-order valence-corrected chi connectivity index (χ4v) is 2.17. The molecule has 112 valence electrons. The van der Waals surface area contributed by atoms with Gasteiger partial charge in [-0.05, 0) is 55.7 Å². The second-order valence-electron chi connectivity index (χ2n) is 5.21. The van der Waals surface area contributed by atoms with Crippen LogP contribution in [0.1, 0.15) is 43.9 Å². The summed E-state index contributed by atoms with van der Waals surface area (Å²) < 4.78 is 19.0. The molecule has 0 aliphatic rings. The van der Waals surface area contributed by atoms with Crippen molar-refractivity contribution in [2.24, 2.45) is 0 Å². The number of ether oxygens (including phenoxy) is 1. The quantitative estimate of drug-likeness (QED) is 0.809. The van der Waals surface area contributed by atoms with Gasteiger partial charge in [0.2, 0.25) is 0 Å². The second kappa shape index (κ2) is 7.23. The average molecular weight is 288 g/mol. The van der Waals surface area contributed by atoms with Gasteiger partial charge < -0.3 is 9.84 Å². The smallest absolute Gasteiger partial charge is 0.133 e. The van der Waals surface area contributed by atoms with E-state index in [0.717, 1.165) is 6.42 Å². The first-order valence-corrected chi connectivity index (χ1v) is 7.34. The van der Waals surface area contributed by atoms with Crippen molar-refractivity contribution < 1.29 is 14.2 Å². The molecule has 1 atom stereocenters. The van der Waals surface area contributed by atoms with Crippen molar-refractivity contribution >= 4 is 0 Å². The van der Waals surface area contributed by atoms with Gasteiger partial charge in [0.05, 0.1) is 6.10 Å². The first-order valence-electron chi connectivity index (χ1n) is 7.34. The molecule has 2 rings (SSSR count). The van der Waals surface area contributed by atoms with E-state index in [9.17, 15) is 9.50 Å². The number of hydrogen-bond acceptors (Lipinski definition) is 2. The molecule has 0 aliphatic heterocycles. The van der Waals surface area contributed by atoms with E-state index in [4.69, 9.17) is 4.74 Å². The Hall–Kier alpha value is -1.87. The van der Waals surface area contributed by atoms with Gasteiger partial charge in [-0.25, -0.2) is 4.39 Å². The molecular formula is C18H21FO2. The van der Waals surface area contributed by atoms with Crippen molar-refractivity contribution in [1.82, 2.24) is 0 Å². The van der Waals surface area contributed by atoms with Crippen LogP contribution in [0.15, 0.2) is 42.5 Å². The number of halogens is 1. The van der Waals surface area contributed by atoms with Crippen LogP contribution in [0.5, 0.6) is 11.5 Å². The zero-order chi connectivity index (χ0) is 15.2. The number of aryl methyl sites for hydroxylation is 1. The molecule has 0 heterocycles. The van der Waals surface area contributed by atoms with Gasteiger partial charge in [0.15, 0.2) is 0 Å². The van der Waals surface area contributed by atoms with Crippen molar-refractivity contribution in [2.75, 3.05) is 0 Å². The topological polar surface area (TPSA) is 29.5 Å². The molecule has 21 heavy (non-hydrogen) atoms. The minimum Gasteiger partial charge on any atom is -0.457 e. The molecule has 0 amide bonds. The first-order chi connectivity index (χ1) is 10.1. The van der Waals surface area contributed by atoms with Crippen LogP contribution >= 0.6 is 0 Å². The lowest BCUT2D eigenvalue weighted by molar-refractivity contribution is 0.195. The minimum atomic E-state index is -0.778. The molecule has 0 saturated heterocycles. The third kappa shape index (κ3) is 4.30. The normalized spacial score (nSPS) is 12.2. The predicted molar refractivity (Wildman–Crippen MR) is 82.2 cm³/mol. The van der Waals surface area contributed by atoms with Crippen molar-refractivity contribution in [2.45, 2.75) is 39.2 Å². The van der Waals surface area contributed by atoms with E-state index in [2.05, 4.69) is 6.92 Å². The molecule has 0 radical (unpaired) electrons. The van der Waals surface area contributed by atoms with Gasteiger partial charge in [0.1, 0.15) is 17.3 Å². The van der Waals surface area contributed by atoms with E-state index in [1.165, 1.54) is 30.5 Å². The highest BCUT2D eigenvalue weighted by molar-refractivity contribution is 5.40. The monoisotopic (exact) mass is 288 g/mol. The molecule has 2 aromatic carbocycles. The molecular weight excluding hydrogens is 267 g/mol. The Bertz CT molecular complexity index is 576. The van der Waals surface area contributed by atoms with Crippen LogP contribution in [0.3, 0.4) is 0 Å². The summed E-state index contributed by atoms with van der Waals surface area (Å²) in [6.45, 7) is 3.76. The van der Waals surface area contributed by atoms with Crippen LogP contribution in [0, 0.1) is 5.82 Å². The predicted octanol–water partition coefficient (Wildman–Crippen LogP) is 5.01. The average Bonchev–Trinajstić information content (AvgIpc) is 2.48. The van der Waals surface area contributed by atoms with E-state index in [0.29, 0.717) is 17.1 Å². The molecule has 0 aromatic heterocycles. The maximum atomic E-state index is 13.3. The SMILES string of the molecule is CCCCc1ccc(Oc2ccc(F)cc2[C@@H](C)O)cc1. The Labute approximate surface area is 125 Å². The van der Waals surface area contributed by atoms with Crippen LogP contribution in [0.25, 0.3) is 0 Å². The van der Waals surface area contributed by atoms with Crippen molar-refractivity contribution in [3.8, 4) is 11.5 Å². The van der Waals surface area contributed by atoms with Crippen LogP contribution in [0.2, 0.25) is 0 Å². The number of hydrogen-bond donors (Lipinski definition) is 1. The van der Waals surface area contributed by atoms with E-state index in [-0.39, 0.29) is 5.82 Å². The fraction of sp³-hybridized carbons (Fsp3) is 0.333. The zero-order valence-corrected chi connectivity index (χ0v) is 12.5. The summed E-state index contributed by atoms with van der Waals surface area (Å²) in [5.41, 5.74) is 1.73. The van der Waals surface area contributed by atoms with Gasteiger partial charge >= 0.3 is 0 Å².